The summed E-state index contributed by atoms with van der Waals surface area (Å²) >= 11 is 0. The van der Waals surface area contributed by atoms with Crippen LogP contribution in [-0.2, 0) is 16.1 Å². The molecule has 0 N–H and O–H groups in total. The van der Waals surface area contributed by atoms with Gasteiger partial charge < -0.3 is 14.3 Å². The molecule has 1 aliphatic heterocycles. The number of ether oxygens (including phenoxy) is 2. The molecular formula is C18H26N2O4. The van der Waals surface area contributed by atoms with Crippen molar-refractivity contribution >= 4 is 5.94 Å². The summed E-state index contributed by atoms with van der Waals surface area (Å²) in [4.78, 5) is 18.0. The van der Waals surface area contributed by atoms with Crippen LogP contribution in [0, 0.1) is 0 Å². The van der Waals surface area contributed by atoms with Gasteiger partial charge in [-0.2, -0.15) is 0 Å². The molecular weight excluding hydrogens is 308 g/mol. The second-order valence-electron chi connectivity index (χ2n) is 5.84. The van der Waals surface area contributed by atoms with Gasteiger partial charge in [-0.15, -0.1) is 5.06 Å². The second kappa shape index (κ2) is 9.33. The zero-order valence-electron chi connectivity index (χ0n) is 14.7. The monoisotopic (exact) mass is 334 g/mol. The smallest absolute Gasteiger partial charge is 0.194 e. The summed E-state index contributed by atoms with van der Waals surface area (Å²) in [5.41, 5.74) is 1.20. The van der Waals surface area contributed by atoms with Crippen molar-refractivity contribution < 1.29 is 19.1 Å². The van der Waals surface area contributed by atoms with Gasteiger partial charge in [-0.1, -0.05) is 6.07 Å². The van der Waals surface area contributed by atoms with Gasteiger partial charge in [0.25, 0.3) is 0 Å². The third-order valence-corrected chi connectivity index (χ3v) is 4.40. The fourth-order valence-corrected chi connectivity index (χ4v) is 3.13. The molecule has 24 heavy (non-hydrogen) atoms. The Hall–Kier alpha value is -2.01. The molecule has 0 aliphatic carbocycles. The number of methoxy groups -OCH3 is 2. The number of hydrogen-bond acceptors (Lipinski definition) is 6. The number of hydroxylamine groups is 2. The number of benzene rings is 1. The first-order chi connectivity index (χ1) is 11.7. The minimum atomic E-state index is 0.170. The van der Waals surface area contributed by atoms with Gasteiger partial charge in [0.2, 0.25) is 0 Å². The highest BCUT2D eigenvalue weighted by atomic mass is 16.7. The Morgan fingerprint density at radius 2 is 2.08 bits per heavy atom. The molecule has 1 fully saturated rings. The van der Waals surface area contributed by atoms with Gasteiger partial charge >= 0.3 is 0 Å². The van der Waals surface area contributed by atoms with Crippen molar-refractivity contribution in [3.8, 4) is 11.5 Å². The zero-order chi connectivity index (χ0) is 17.4. The van der Waals surface area contributed by atoms with E-state index < -0.39 is 0 Å². The van der Waals surface area contributed by atoms with Crippen LogP contribution in [0.5, 0.6) is 11.5 Å². The van der Waals surface area contributed by atoms with Gasteiger partial charge in [-0.05, 0) is 49.9 Å². The summed E-state index contributed by atoms with van der Waals surface area (Å²) in [6.45, 7) is 1.94. The summed E-state index contributed by atoms with van der Waals surface area (Å²) in [5.74, 6) is 3.14. The first-order valence-electron chi connectivity index (χ1n) is 8.23. The fourth-order valence-electron chi connectivity index (χ4n) is 3.13. The molecule has 1 aromatic rings. The van der Waals surface area contributed by atoms with E-state index in [1.165, 1.54) is 12.0 Å². The van der Waals surface area contributed by atoms with E-state index >= 15 is 0 Å². The SMILES string of the molecule is COc1ccc(CCN2CCCCC2N(C)OC=C=O)cc1OC. The van der Waals surface area contributed by atoms with E-state index in [1.807, 2.05) is 19.2 Å². The van der Waals surface area contributed by atoms with Crippen molar-refractivity contribution in [3.63, 3.8) is 0 Å². The van der Waals surface area contributed by atoms with Crippen LogP contribution < -0.4 is 9.47 Å². The minimum Gasteiger partial charge on any atom is -0.493 e. The van der Waals surface area contributed by atoms with Gasteiger partial charge in [0.1, 0.15) is 0 Å². The Labute approximate surface area is 143 Å². The molecule has 0 saturated carbocycles. The Kier molecular flexibility index (Phi) is 7.12. The summed E-state index contributed by atoms with van der Waals surface area (Å²) in [6.07, 6.45) is 5.50. The number of likely N-dealkylation sites (tertiary alicyclic amines) is 1. The highest BCUT2D eigenvalue weighted by molar-refractivity contribution is 5.43. The number of piperidine rings is 1. The number of rotatable bonds is 8. The average molecular weight is 334 g/mol. The number of nitrogens with zero attached hydrogens (tertiary/aromatic N) is 2. The van der Waals surface area contributed by atoms with Crippen LogP contribution in [0.4, 0.5) is 0 Å². The fraction of sp³-hybridized carbons (Fsp3) is 0.556. The Bertz CT molecular complexity index is 572. The van der Waals surface area contributed by atoms with Crippen LogP contribution in [0.15, 0.2) is 24.5 Å². The van der Waals surface area contributed by atoms with E-state index in [0.717, 1.165) is 50.1 Å². The third kappa shape index (κ3) is 4.74. The average Bonchev–Trinajstić information content (AvgIpc) is 2.64. The molecule has 1 aliphatic rings. The van der Waals surface area contributed by atoms with Gasteiger partial charge in [-0.25, -0.2) is 4.79 Å². The highest BCUT2D eigenvalue weighted by Gasteiger charge is 2.26. The van der Waals surface area contributed by atoms with Gasteiger partial charge in [0.05, 0.1) is 20.4 Å². The van der Waals surface area contributed by atoms with Crippen LogP contribution in [0.1, 0.15) is 24.8 Å². The lowest BCUT2D eigenvalue weighted by Crippen LogP contribution is -2.49. The van der Waals surface area contributed by atoms with Gasteiger partial charge in [-0.3, -0.25) is 4.90 Å². The maximum absolute atomic E-state index is 10.3. The van der Waals surface area contributed by atoms with Crippen molar-refractivity contribution in [2.24, 2.45) is 0 Å². The predicted molar refractivity (Wildman–Crippen MR) is 91.6 cm³/mol. The molecule has 1 aromatic carbocycles. The maximum atomic E-state index is 10.3. The zero-order valence-corrected chi connectivity index (χ0v) is 14.7. The molecule has 0 amide bonds. The van der Waals surface area contributed by atoms with Crippen molar-refractivity contribution in [1.29, 1.82) is 0 Å². The van der Waals surface area contributed by atoms with E-state index in [4.69, 9.17) is 14.3 Å². The number of hydrogen-bond donors (Lipinski definition) is 0. The molecule has 1 atom stereocenters. The number of carbonyl (C=O) groups excluding carboxylic acids is 1. The lowest BCUT2D eigenvalue weighted by atomic mass is 10.1. The topological polar surface area (TPSA) is 51.2 Å². The molecule has 6 heteroatoms. The second-order valence-corrected chi connectivity index (χ2v) is 5.84. The molecule has 1 saturated heterocycles. The molecule has 1 unspecified atom stereocenters. The molecule has 2 rings (SSSR count). The summed E-state index contributed by atoms with van der Waals surface area (Å²) in [6, 6.07) is 6.02. The normalized spacial score (nSPS) is 18.1. The van der Waals surface area contributed by atoms with E-state index in [1.54, 1.807) is 25.2 Å². The third-order valence-electron chi connectivity index (χ3n) is 4.40. The van der Waals surface area contributed by atoms with Crippen LogP contribution in [0.2, 0.25) is 0 Å². The molecule has 0 spiro atoms. The molecule has 0 bridgehead atoms. The summed E-state index contributed by atoms with van der Waals surface area (Å²) < 4.78 is 10.6. The Balaban J connectivity index is 1.99. The maximum Gasteiger partial charge on any atom is 0.194 e. The molecule has 0 radical (unpaired) electrons. The van der Waals surface area contributed by atoms with E-state index in [0.29, 0.717) is 0 Å². The van der Waals surface area contributed by atoms with Crippen molar-refractivity contribution in [3.05, 3.63) is 30.0 Å². The standard InChI is InChI=1S/C18H26N2O4/c1-19(24-13-12-21)18-6-4-5-10-20(18)11-9-15-7-8-16(22-2)17(14-15)23-3/h7-8,13-14,18H,4-6,9-11H2,1-3H3. The minimum absolute atomic E-state index is 0.170. The quantitative estimate of drug-likeness (QED) is 0.413. The molecule has 132 valence electrons. The van der Waals surface area contributed by atoms with Gasteiger partial charge in [0.15, 0.2) is 23.7 Å². The van der Waals surface area contributed by atoms with E-state index in [2.05, 4.69) is 11.0 Å². The van der Waals surface area contributed by atoms with Crippen molar-refractivity contribution in [2.45, 2.75) is 31.8 Å². The highest BCUT2D eigenvalue weighted by Crippen LogP contribution is 2.28. The largest absolute Gasteiger partial charge is 0.493 e. The Morgan fingerprint density at radius 3 is 2.79 bits per heavy atom. The van der Waals surface area contributed by atoms with Crippen LogP contribution >= 0.6 is 0 Å². The first kappa shape index (κ1) is 18.3. The predicted octanol–water partition coefficient (Wildman–Crippen LogP) is 2.27. The molecule has 0 aromatic heterocycles. The van der Waals surface area contributed by atoms with Crippen LogP contribution in [-0.4, -0.2) is 56.4 Å². The lowest BCUT2D eigenvalue weighted by Gasteiger charge is -2.39. The van der Waals surface area contributed by atoms with Crippen molar-refractivity contribution in [1.82, 2.24) is 9.96 Å². The molecule has 1 heterocycles. The first-order valence-corrected chi connectivity index (χ1v) is 8.23. The van der Waals surface area contributed by atoms with Crippen LogP contribution in [0.3, 0.4) is 0 Å². The molecule has 6 nitrogen and oxygen atoms in total. The van der Waals surface area contributed by atoms with Crippen LogP contribution in [0.25, 0.3) is 0 Å². The summed E-state index contributed by atoms with van der Waals surface area (Å²) in [5, 5.41) is 1.73. The van der Waals surface area contributed by atoms with Crippen molar-refractivity contribution in [2.75, 3.05) is 34.4 Å². The summed E-state index contributed by atoms with van der Waals surface area (Å²) in [7, 11) is 5.14. The van der Waals surface area contributed by atoms with E-state index in [-0.39, 0.29) is 6.17 Å². The van der Waals surface area contributed by atoms with E-state index in [9.17, 15) is 4.79 Å². The van der Waals surface area contributed by atoms with Gasteiger partial charge in [0, 0.05) is 13.6 Å². The Morgan fingerprint density at radius 1 is 1.29 bits per heavy atom. The lowest BCUT2D eigenvalue weighted by molar-refractivity contribution is -0.167.